The Bertz CT molecular complexity index is 510. The van der Waals surface area contributed by atoms with Crippen molar-refractivity contribution < 1.29 is 4.39 Å². The molecule has 0 aliphatic heterocycles. The van der Waals surface area contributed by atoms with Gasteiger partial charge < -0.3 is 5.32 Å². The highest BCUT2D eigenvalue weighted by Crippen LogP contribution is 2.16. The molecule has 0 fully saturated rings. The van der Waals surface area contributed by atoms with Gasteiger partial charge in [0.2, 0.25) is 0 Å². The van der Waals surface area contributed by atoms with Crippen molar-refractivity contribution in [2.75, 3.05) is 0 Å². The Morgan fingerprint density at radius 2 is 1.78 bits per heavy atom. The first-order valence-electron chi connectivity index (χ1n) is 5.89. The van der Waals surface area contributed by atoms with Crippen molar-refractivity contribution >= 4 is 22.6 Å². The van der Waals surface area contributed by atoms with E-state index in [-0.39, 0.29) is 11.9 Å². The van der Waals surface area contributed by atoms with E-state index in [0.29, 0.717) is 5.56 Å². The predicted molar refractivity (Wildman–Crippen MR) is 80.8 cm³/mol. The number of hydrogen-bond donors (Lipinski definition) is 1. The fourth-order valence-corrected chi connectivity index (χ4v) is 2.17. The lowest BCUT2D eigenvalue weighted by atomic mass is 10.1. The maximum atomic E-state index is 13.6. The van der Waals surface area contributed by atoms with Crippen molar-refractivity contribution in [2.45, 2.75) is 19.5 Å². The van der Waals surface area contributed by atoms with Gasteiger partial charge in [-0.2, -0.15) is 0 Å². The highest BCUT2D eigenvalue weighted by atomic mass is 127. The highest BCUT2D eigenvalue weighted by Gasteiger charge is 2.09. The summed E-state index contributed by atoms with van der Waals surface area (Å²) in [6.45, 7) is 2.72. The summed E-state index contributed by atoms with van der Waals surface area (Å²) < 4.78 is 14.8. The molecule has 1 nitrogen and oxygen atoms in total. The molecule has 0 spiro atoms. The zero-order valence-electron chi connectivity index (χ0n) is 10.2. The molecule has 0 saturated heterocycles. The number of nitrogens with one attached hydrogen (secondary N) is 1. The van der Waals surface area contributed by atoms with E-state index in [4.69, 9.17) is 0 Å². The average Bonchev–Trinajstić information content (AvgIpc) is 2.38. The van der Waals surface area contributed by atoms with Crippen LogP contribution in [0.15, 0.2) is 48.5 Å². The van der Waals surface area contributed by atoms with Crippen LogP contribution in [-0.2, 0) is 6.54 Å². The second-order valence-electron chi connectivity index (χ2n) is 4.25. The molecule has 0 aliphatic carbocycles. The zero-order chi connectivity index (χ0) is 13.0. The Kier molecular flexibility index (Phi) is 4.72. The lowest BCUT2D eigenvalue weighted by Crippen LogP contribution is -2.19. The molecule has 0 heterocycles. The van der Waals surface area contributed by atoms with Crippen LogP contribution in [0.2, 0.25) is 0 Å². The molecule has 0 bridgehead atoms. The van der Waals surface area contributed by atoms with Gasteiger partial charge in [0, 0.05) is 21.7 Å². The van der Waals surface area contributed by atoms with Crippen molar-refractivity contribution in [3.63, 3.8) is 0 Å². The molecule has 1 atom stereocenters. The SMILES string of the molecule is CC(NCc1ccc(I)cc1)c1ccccc1F. The maximum absolute atomic E-state index is 13.6. The standard InChI is InChI=1S/C15H15FIN/c1-11(14-4-2-3-5-15(14)16)18-10-12-6-8-13(17)9-7-12/h2-9,11,18H,10H2,1H3. The quantitative estimate of drug-likeness (QED) is 0.808. The van der Waals surface area contributed by atoms with Gasteiger partial charge in [0.15, 0.2) is 0 Å². The molecule has 0 aliphatic rings. The maximum Gasteiger partial charge on any atom is 0.127 e. The van der Waals surface area contributed by atoms with Gasteiger partial charge >= 0.3 is 0 Å². The molecule has 0 amide bonds. The minimum atomic E-state index is -0.153. The van der Waals surface area contributed by atoms with Crippen molar-refractivity contribution in [3.8, 4) is 0 Å². The summed E-state index contributed by atoms with van der Waals surface area (Å²) in [5.41, 5.74) is 1.92. The largest absolute Gasteiger partial charge is 0.306 e. The van der Waals surface area contributed by atoms with Gasteiger partial charge in [-0.05, 0) is 53.3 Å². The molecule has 94 valence electrons. The molecule has 0 radical (unpaired) electrons. The summed E-state index contributed by atoms with van der Waals surface area (Å²) in [5.74, 6) is -0.153. The van der Waals surface area contributed by atoms with Crippen molar-refractivity contribution in [2.24, 2.45) is 0 Å². The molecule has 0 aromatic heterocycles. The van der Waals surface area contributed by atoms with E-state index < -0.39 is 0 Å². The Hall–Kier alpha value is -0.940. The predicted octanol–water partition coefficient (Wildman–Crippen LogP) is 4.28. The van der Waals surface area contributed by atoms with Crippen molar-refractivity contribution in [3.05, 3.63) is 69.0 Å². The van der Waals surface area contributed by atoms with Crippen LogP contribution >= 0.6 is 22.6 Å². The topological polar surface area (TPSA) is 12.0 Å². The van der Waals surface area contributed by atoms with Gasteiger partial charge in [-0.3, -0.25) is 0 Å². The van der Waals surface area contributed by atoms with Gasteiger partial charge in [0.05, 0.1) is 0 Å². The molecule has 3 heteroatoms. The average molecular weight is 355 g/mol. The smallest absolute Gasteiger partial charge is 0.127 e. The third-order valence-corrected chi connectivity index (χ3v) is 3.62. The number of benzene rings is 2. The summed E-state index contributed by atoms with van der Waals surface area (Å²) in [6, 6.07) is 15.2. The number of rotatable bonds is 4. The fraction of sp³-hybridized carbons (Fsp3) is 0.200. The first kappa shape index (κ1) is 13.5. The van der Waals surface area contributed by atoms with E-state index in [1.54, 1.807) is 6.07 Å². The second kappa shape index (κ2) is 6.29. The molecular weight excluding hydrogens is 340 g/mol. The van der Waals surface area contributed by atoms with Crippen molar-refractivity contribution in [1.29, 1.82) is 0 Å². The van der Waals surface area contributed by atoms with Crippen LogP contribution in [0.3, 0.4) is 0 Å². The third kappa shape index (κ3) is 3.53. The van der Waals surface area contributed by atoms with Gasteiger partial charge in [-0.25, -0.2) is 4.39 Å². The lowest BCUT2D eigenvalue weighted by Gasteiger charge is -2.15. The zero-order valence-corrected chi connectivity index (χ0v) is 12.3. The Morgan fingerprint density at radius 3 is 2.44 bits per heavy atom. The van der Waals surface area contributed by atoms with Crippen LogP contribution < -0.4 is 5.32 Å². The number of hydrogen-bond acceptors (Lipinski definition) is 1. The summed E-state index contributed by atoms with van der Waals surface area (Å²) >= 11 is 2.28. The van der Waals surface area contributed by atoms with Crippen LogP contribution in [0, 0.1) is 9.39 Å². The third-order valence-electron chi connectivity index (χ3n) is 2.90. The van der Waals surface area contributed by atoms with E-state index in [1.807, 2.05) is 19.1 Å². The molecule has 18 heavy (non-hydrogen) atoms. The Morgan fingerprint density at radius 1 is 1.11 bits per heavy atom. The second-order valence-corrected chi connectivity index (χ2v) is 5.50. The van der Waals surface area contributed by atoms with E-state index in [2.05, 4.69) is 52.2 Å². The van der Waals surface area contributed by atoms with E-state index in [1.165, 1.54) is 15.2 Å². The van der Waals surface area contributed by atoms with Crippen LogP contribution in [0.4, 0.5) is 4.39 Å². The molecule has 1 N–H and O–H groups in total. The fourth-order valence-electron chi connectivity index (χ4n) is 1.81. The van der Waals surface area contributed by atoms with Gasteiger partial charge in [-0.15, -0.1) is 0 Å². The first-order chi connectivity index (χ1) is 8.66. The van der Waals surface area contributed by atoms with Crippen molar-refractivity contribution in [1.82, 2.24) is 5.32 Å². The molecule has 2 aromatic rings. The summed E-state index contributed by atoms with van der Waals surface area (Å²) in [4.78, 5) is 0. The van der Waals surface area contributed by atoms with Crippen LogP contribution in [0.1, 0.15) is 24.1 Å². The van der Waals surface area contributed by atoms with Crippen LogP contribution in [-0.4, -0.2) is 0 Å². The van der Waals surface area contributed by atoms with Crippen LogP contribution in [0.25, 0.3) is 0 Å². The van der Waals surface area contributed by atoms with E-state index >= 15 is 0 Å². The minimum Gasteiger partial charge on any atom is -0.306 e. The van der Waals surface area contributed by atoms with E-state index in [0.717, 1.165) is 6.54 Å². The summed E-state index contributed by atoms with van der Waals surface area (Å²) in [6.07, 6.45) is 0. The van der Waals surface area contributed by atoms with E-state index in [9.17, 15) is 4.39 Å². The van der Waals surface area contributed by atoms with Crippen LogP contribution in [0.5, 0.6) is 0 Å². The molecular formula is C15H15FIN. The van der Waals surface area contributed by atoms with Gasteiger partial charge in [-0.1, -0.05) is 30.3 Å². The summed E-state index contributed by atoms with van der Waals surface area (Å²) in [5, 5.41) is 3.33. The monoisotopic (exact) mass is 355 g/mol. The minimum absolute atomic E-state index is 0.00507. The van der Waals surface area contributed by atoms with Gasteiger partial charge in [0.1, 0.15) is 5.82 Å². The Labute approximate surface area is 121 Å². The van der Waals surface area contributed by atoms with Gasteiger partial charge in [0.25, 0.3) is 0 Å². The number of halogens is 2. The first-order valence-corrected chi connectivity index (χ1v) is 6.97. The molecule has 0 saturated carbocycles. The molecule has 2 aromatic carbocycles. The highest BCUT2D eigenvalue weighted by molar-refractivity contribution is 14.1. The summed E-state index contributed by atoms with van der Waals surface area (Å²) in [7, 11) is 0. The molecule has 1 unspecified atom stereocenters. The molecule has 2 rings (SSSR count). The Balaban J connectivity index is 1.98. The normalized spacial score (nSPS) is 12.4. The lowest BCUT2D eigenvalue weighted by molar-refractivity contribution is 0.528.